The maximum atomic E-state index is 11.9. The Hall–Kier alpha value is -2.28. The lowest BCUT2D eigenvalue weighted by Gasteiger charge is -2.36. The second-order valence-electron chi connectivity index (χ2n) is 8.06. The van der Waals surface area contributed by atoms with Crippen molar-refractivity contribution in [3.05, 3.63) is 35.9 Å². The number of piperazine rings is 1. The molecular formula is C23H37N5O2. The zero-order valence-electron chi connectivity index (χ0n) is 18.6. The molecule has 7 heteroatoms. The van der Waals surface area contributed by atoms with Crippen molar-refractivity contribution in [1.29, 1.82) is 0 Å². The number of guanidine groups is 1. The van der Waals surface area contributed by atoms with Gasteiger partial charge in [0.15, 0.2) is 5.96 Å². The van der Waals surface area contributed by atoms with Crippen LogP contribution in [0.25, 0.3) is 0 Å². The maximum absolute atomic E-state index is 11.9. The highest BCUT2D eigenvalue weighted by atomic mass is 16.6. The van der Waals surface area contributed by atoms with Gasteiger partial charge in [0, 0.05) is 52.4 Å². The van der Waals surface area contributed by atoms with Gasteiger partial charge in [-0.25, -0.2) is 4.79 Å². The normalized spacial score (nSPS) is 20.5. The van der Waals surface area contributed by atoms with Crippen LogP contribution in [0.15, 0.2) is 35.3 Å². The number of likely N-dealkylation sites (tertiary alicyclic amines) is 1. The van der Waals surface area contributed by atoms with Crippen LogP contribution < -0.4 is 5.32 Å². The van der Waals surface area contributed by atoms with Crippen LogP contribution >= 0.6 is 0 Å². The molecule has 1 aromatic carbocycles. The molecular weight excluding hydrogens is 378 g/mol. The van der Waals surface area contributed by atoms with Crippen molar-refractivity contribution in [3.8, 4) is 0 Å². The maximum Gasteiger partial charge on any atom is 0.409 e. The zero-order chi connectivity index (χ0) is 21.2. The lowest BCUT2D eigenvalue weighted by molar-refractivity contribution is 0.0914. The first-order chi connectivity index (χ1) is 14.7. The topological polar surface area (TPSA) is 60.4 Å². The lowest BCUT2D eigenvalue weighted by atomic mass is 10.1. The number of carbonyl (C=O) groups is 1. The molecule has 2 heterocycles. The van der Waals surface area contributed by atoms with E-state index in [0.717, 1.165) is 51.6 Å². The third-order valence-electron chi connectivity index (χ3n) is 5.87. The summed E-state index contributed by atoms with van der Waals surface area (Å²) in [5, 5.41) is 3.43. The predicted octanol–water partition coefficient (Wildman–Crippen LogP) is 2.29. The number of carbonyl (C=O) groups excluding carboxylic acids is 1. The average molecular weight is 416 g/mol. The smallest absolute Gasteiger partial charge is 0.409 e. The molecule has 2 aliphatic heterocycles. The quantitative estimate of drug-likeness (QED) is 0.547. The van der Waals surface area contributed by atoms with Gasteiger partial charge < -0.3 is 24.8 Å². The number of rotatable bonds is 7. The standard InChI is InChI=1S/C23H37N5O2/c1-3-24-22(27-14-16-28(17-15-27)23(29)30-4-2)25-18-21-11-13-26(19-21)12-10-20-8-6-5-7-9-20/h5-9,21H,3-4,10-19H2,1-2H3,(H,24,25). The van der Waals surface area contributed by atoms with Crippen LogP contribution in [-0.2, 0) is 11.2 Å². The Bertz CT molecular complexity index is 673. The number of benzene rings is 1. The average Bonchev–Trinajstić information content (AvgIpc) is 3.24. The highest BCUT2D eigenvalue weighted by Crippen LogP contribution is 2.17. The largest absolute Gasteiger partial charge is 0.450 e. The molecule has 2 fully saturated rings. The van der Waals surface area contributed by atoms with Crippen LogP contribution in [0, 0.1) is 5.92 Å². The Morgan fingerprint density at radius 1 is 1.10 bits per heavy atom. The summed E-state index contributed by atoms with van der Waals surface area (Å²) in [6.07, 6.45) is 2.12. The Morgan fingerprint density at radius 2 is 1.83 bits per heavy atom. The Morgan fingerprint density at radius 3 is 2.53 bits per heavy atom. The molecule has 1 atom stereocenters. The molecule has 1 N–H and O–H groups in total. The van der Waals surface area contributed by atoms with E-state index in [4.69, 9.17) is 9.73 Å². The van der Waals surface area contributed by atoms with Crippen LogP contribution in [0.1, 0.15) is 25.8 Å². The van der Waals surface area contributed by atoms with Crippen molar-refractivity contribution in [2.24, 2.45) is 10.9 Å². The third-order valence-corrected chi connectivity index (χ3v) is 5.87. The van der Waals surface area contributed by atoms with Crippen LogP contribution in [0.4, 0.5) is 4.79 Å². The highest BCUT2D eigenvalue weighted by molar-refractivity contribution is 5.80. The van der Waals surface area contributed by atoms with Crippen molar-refractivity contribution in [2.45, 2.75) is 26.7 Å². The van der Waals surface area contributed by atoms with E-state index in [2.05, 4.69) is 52.4 Å². The monoisotopic (exact) mass is 415 g/mol. The van der Waals surface area contributed by atoms with E-state index in [1.807, 2.05) is 6.92 Å². The fraction of sp³-hybridized carbons (Fsp3) is 0.652. The van der Waals surface area contributed by atoms with Gasteiger partial charge in [0.1, 0.15) is 0 Å². The van der Waals surface area contributed by atoms with Gasteiger partial charge >= 0.3 is 6.09 Å². The van der Waals surface area contributed by atoms with Crippen LogP contribution in [-0.4, -0.2) is 92.3 Å². The molecule has 0 radical (unpaired) electrons. The summed E-state index contributed by atoms with van der Waals surface area (Å²) < 4.78 is 5.12. The molecule has 0 saturated carbocycles. The molecule has 0 spiro atoms. The summed E-state index contributed by atoms with van der Waals surface area (Å²) in [7, 11) is 0. The minimum absolute atomic E-state index is 0.208. The number of nitrogens with zero attached hydrogens (tertiary/aromatic N) is 4. The number of aliphatic imine (C=N–C) groups is 1. The molecule has 0 bridgehead atoms. The Balaban J connectivity index is 1.44. The molecule has 7 nitrogen and oxygen atoms in total. The highest BCUT2D eigenvalue weighted by Gasteiger charge is 2.25. The number of hydrogen-bond acceptors (Lipinski definition) is 4. The summed E-state index contributed by atoms with van der Waals surface area (Å²) in [6.45, 7) is 12.5. The summed E-state index contributed by atoms with van der Waals surface area (Å²) in [5.41, 5.74) is 1.41. The van der Waals surface area contributed by atoms with Crippen LogP contribution in [0.3, 0.4) is 0 Å². The summed E-state index contributed by atoms with van der Waals surface area (Å²) in [5.74, 6) is 1.60. The van der Waals surface area contributed by atoms with Crippen molar-refractivity contribution < 1.29 is 9.53 Å². The fourth-order valence-corrected chi connectivity index (χ4v) is 4.15. The molecule has 0 aliphatic carbocycles. The van der Waals surface area contributed by atoms with Crippen molar-refractivity contribution >= 4 is 12.1 Å². The van der Waals surface area contributed by atoms with Gasteiger partial charge in [-0.2, -0.15) is 0 Å². The van der Waals surface area contributed by atoms with Crippen molar-refractivity contribution in [1.82, 2.24) is 20.0 Å². The Kier molecular flexibility index (Phi) is 8.81. The second kappa shape index (κ2) is 11.8. The van der Waals surface area contributed by atoms with E-state index < -0.39 is 0 Å². The predicted molar refractivity (Wildman–Crippen MR) is 121 cm³/mol. The molecule has 1 aromatic rings. The van der Waals surface area contributed by atoms with E-state index in [1.54, 1.807) is 4.90 Å². The van der Waals surface area contributed by atoms with Gasteiger partial charge in [-0.1, -0.05) is 30.3 Å². The van der Waals surface area contributed by atoms with Crippen molar-refractivity contribution in [3.63, 3.8) is 0 Å². The third kappa shape index (κ3) is 6.62. The van der Waals surface area contributed by atoms with Gasteiger partial charge in [0.2, 0.25) is 0 Å². The first-order valence-electron chi connectivity index (χ1n) is 11.4. The Labute approximate surface area is 181 Å². The number of nitrogens with one attached hydrogen (secondary N) is 1. The van der Waals surface area contributed by atoms with E-state index in [1.165, 1.54) is 18.5 Å². The number of ether oxygens (including phenoxy) is 1. The van der Waals surface area contributed by atoms with Crippen LogP contribution in [0.5, 0.6) is 0 Å². The van der Waals surface area contributed by atoms with Gasteiger partial charge in [0.05, 0.1) is 6.61 Å². The SMILES string of the molecule is CCNC(=NCC1CCN(CCc2ccccc2)C1)N1CCN(C(=O)OCC)CC1. The van der Waals surface area contributed by atoms with Crippen molar-refractivity contribution in [2.75, 3.05) is 65.5 Å². The zero-order valence-corrected chi connectivity index (χ0v) is 18.6. The molecule has 166 valence electrons. The van der Waals surface area contributed by atoms with Gasteiger partial charge in [-0.3, -0.25) is 4.99 Å². The first kappa shape index (κ1) is 22.4. The minimum Gasteiger partial charge on any atom is -0.450 e. The molecule has 2 aliphatic rings. The first-order valence-corrected chi connectivity index (χ1v) is 11.4. The molecule has 30 heavy (non-hydrogen) atoms. The molecule has 2 saturated heterocycles. The van der Waals surface area contributed by atoms with Gasteiger partial charge in [-0.05, 0) is 44.7 Å². The summed E-state index contributed by atoms with van der Waals surface area (Å²) in [4.78, 5) is 23.5. The van der Waals surface area contributed by atoms with E-state index in [9.17, 15) is 4.79 Å². The molecule has 1 unspecified atom stereocenters. The van der Waals surface area contributed by atoms with Gasteiger partial charge in [-0.15, -0.1) is 0 Å². The van der Waals surface area contributed by atoms with E-state index in [-0.39, 0.29) is 6.09 Å². The molecule has 3 rings (SSSR count). The van der Waals surface area contributed by atoms with E-state index in [0.29, 0.717) is 25.6 Å². The summed E-state index contributed by atoms with van der Waals surface area (Å²) in [6, 6.07) is 10.7. The van der Waals surface area contributed by atoms with Crippen LogP contribution in [0.2, 0.25) is 0 Å². The van der Waals surface area contributed by atoms with Gasteiger partial charge in [0.25, 0.3) is 0 Å². The minimum atomic E-state index is -0.208. The lowest BCUT2D eigenvalue weighted by Crippen LogP contribution is -2.54. The molecule has 1 amide bonds. The summed E-state index contributed by atoms with van der Waals surface area (Å²) >= 11 is 0. The number of amides is 1. The van der Waals surface area contributed by atoms with E-state index >= 15 is 0 Å². The molecule has 0 aromatic heterocycles. The number of hydrogen-bond donors (Lipinski definition) is 1. The second-order valence-corrected chi connectivity index (χ2v) is 8.06. The fourth-order valence-electron chi connectivity index (χ4n) is 4.15.